The van der Waals surface area contributed by atoms with Crippen molar-refractivity contribution in [3.05, 3.63) is 83.3 Å². The van der Waals surface area contributed by atoms with Crippen LogP contribution in [0.2, 0.25) is 0 Å². The Morgan fingerprint density at radius 1 is 1.10 bits per heavy atom. The summed E-state index contributed by atoms with van der Waals surface area (Å²) in [6, 6.07) is 11.9. The number of fused-ring (bicyclic) bond motifs is 5. The second-order valence-electron chi connectivity index (χ2n) is 9.87. The maximum atomic E-state index is 14.8. The van der Waals surface area contributed by atoms with Gasteiger partial charge in [0.15, 0.2) is 11.5 Å². The van der Waals surface area contributed by atoms with Crippen molar-refractivity contribution in [2.24, 2.45) is 0 Å². The highest BCUT2D eigenvalue weighted by molar-refractivity contribution is 6.16. The molecule has 0 fully saturated rings. The number of rotatable bonds is 5. The van der Waals surface area contributed by atoms with Gasteiger partial charge in [0.1, 0.15) is 34.6 Å². The van der Waals surface area contributed by atoms with Crippen LogP contribution in [0, 0.1) is 12.7 Å². The van der Waals surface area contributed by atoms with Crippen LogP contribution in [0.5, 0.6) is 5.75 Å². The average molecular weight is 539 g/mol. The summed E-state index contributed by atoms with van der Waals surface area (Å²) in [6.45, 7) is 2.11. The van der Waals surface area contributed by atoms with Gasteiger partial charge in [-0.05, 0) is 54.8 Å². The number of carbonyl (C=O) groups is 2. The van der Waals surface area contributed by atoms with E-state index in [1.165, 1.54) is 29.5 Å². The van der Waals surface area contributed by atoms with Gasteiger partial charge in [-0.25, -0.2) is 19.3 Å². The maximum absolute atomic E-state index is 14.8. The van der Waals surface area contributed by atoms with Crippen LogP contribution in [-0.2, 0) is 21.4 Å². The van der Waals surface area contributed by atoms with Crippen LogP contribution in [-0.4, -0.2) is 55.2 Å². The third-order valence-corrected chi connectivity index (χ3v) is 7.68. The fourth-order valence-electron chi connectivity index (χ4n) is 5.93. The number of nitrogens with zero attached hydrogens (tertiary/aromatic N) is 6. The number of aromatic nitrogens is 6. The molecule has 0 radical (unpaired) electrons. The van der Waals surface area contributed by atoms with Gasteiger partial charge in [0.2, 0.25) is 11.8 Å². The van der Waals surface area contributed by atoms with E-state index in [1.807, 2.05) is 24.3 Å². The number of anilines is 2. The summed E-state index contributed by atoms with van der Waals surface area (Å²) >= 11 is 0. The quantitative estimate of drug-likeness (QED) is 0.351. The number of hydrogen-bond donors (Lipinski definition) is 2. The van der Waals surface area contributed by atoms with Gasteiger partial charge < -0.3 is 19.9 Å². The smallest absolute Gasteiger partial charge is 0.242 e. The standard InChI is InChI=1S/C28H23FN8O3/c1-15-22-25(37(35-15)26-23-24(31-13-30-23)32-14-33-26)34-21(38)12-28(22)19-11-17(29)5-8-20(19)36(27(28)39)10-9-16-3-6-18(40-2)7-4-16/h3-8,11,13-14H,9-10,12H2,1-2H3,(H,34,38)(H,30,31,32,33)/t28-/m0/s1. The lowest BCUT2D eigenvalue weighted by Gasteiger charge is -2.33. The molecule has 0 bridgehead atoms. The normalized spacial score (nSPS) is 17.8. The highest BCUT2D eigenvalue weighted by Gasteiger charge is 2.58. The van der Waals surface area contributed by atoms with E-state index >= 15 is 0 Å². The molecule has 2 amide bonds. The van der Waals surface area contributed by atoms with Crippen LogP contribution in [0.3, 0.4) is 0 Å². The molecule has 0 unspecified atom stereocenters. The van der Waals surface area contributed by atoms with Crippen LogP contribution >= 0.6 is 0 Å². The molecule has 1 atom stereocenters. The van der Waals surface area contributed by atoms with Gasteiger partial charge in [0, 0.05) is 24.2 Å². The van der Waals surface area contributed by atoms with E-state index in [4.69, 9.17) is 9.84 Å². The zero-order chi connectivity index (χ0) is 27.6. The molecular weight excluding hydrogens is 515 g/mol. The van der Waals surface area contributed by atoms with Crippen molar-refractivity contribution in [2.75, 3.05) is 23.9 Å². The van der Waals surface area contributed by atoms with Crippen molar-refractivity contribution in [2.45, 2.75) is 25.2 Å². The molecule has 5 aromatic rings. The van der Waals surface area contributed by atoms with Crippen molar-refractivity contribution >= 4 is 34.5 Å². The minimum atomic E-state index is -1.45. The molecule has 200 valence electrons. The number of methoxy groups -OCH3 is 1. The number of benzene rings is 2. The number of aromatic amines is 1. The van der Waals surface area contributed by atoms with Crippen LogP contribution in [0.4, 0.5) is 15.9 Å². The molecule has 2 aromatic carbocycles. The molecule has 0 saturated carbocycles. The third kappa shape index (κ3) is 3.35. The van der Waals surface area contributed by atoms with Gasteiger partial charge in [0.05, 0.1) is 19.1 Å². The number of halogens is 1. The molecular formula is C28H23FN8O3. The zero-order valence-electron chi connectivity index (χ0n) is 21.6. The number of nitrogens with one attached hydrogen (secondary N) is 2. The molecule has 2 aliphatic heterocycles. The molecule has 5 heterocycles. The molecule has 11 nitrogen and oxygen atoms in total. The van der Waals surface area contributed by atoms with E-state index in [0.717, 1.165) is 11.3 Å². The van der Waals surface area contributed by atoms with Crippen molar-refractivity contribution in [3.8, 4) is 11.6 Å². The van der Waals surface area contributed by atoms with Crippen molar-refractivity contribution in [3.63, 3.8) is 0 Å². The lowest BCUT2D eigenvalue weighted by Crippen LogP contribution is -2.47. The lowest BCUT2D eigenvalue weighted by molar-refractivity contribution is -0.126. The largest absolute Gasteiger partial charge is 0.497 e. The fourth-order valence-corrected chi connectivity index (χ4v) is 5.93. The van der Waals surface area contributed by atoms with Gasteiger partial charge in [0.25, 0.3) is 0 Å². The van der Waals surface area contributed by atoms with E-state index in [-0.39, 0.29) is 18.2 Å². The van der Waals surface area contributed by atoms with Crippen molar-refractivity contribution < 1.29 is 18.7 Å². The predicted molar refractivity (Wildman–Crippen MR) is 143 cm³/mol. The number of ether oxygens (including phenoxy) is 1. The Hall–Kier alpha value is -5.13. The second kappa shape index (κ2) is 8.70. The van der Waals surface area contributed by atoms with Crippen LogP contribution in [0.25, 0.3) is 17.0 Å². The first kappa shape index (κ1) is 23.9. The summed E-state index contributed by atoms with van der Waals surface area (Å²) in [5, 5.41) is 7.59. The SMILES string of the molecule is COc1ccc(CCN2C(=O)[C@@]3(CC(=O)Nc4c3c(C)nn4-c3ncnc4nc[nH]c34)c3cc(F)ccc32)cc1. The van der Waals surface area contributed by atoms with Gasteiger partial charge in [-0.15, -0.1) is 0 Å². The van der Waals surface area contributed by atoms with E-state index in [0.29, 0.717) is 58.3 Å². The number of carbonyl (C=O) groups excluding carboxylic acids is 2. The van der Waals surface area contributed by atoms with Crippen LogP contribution in [0.1, 0.15) is 28.8 Å². The van der Waals surface area contributed by atoms with Crippen LogP contribution < -0.4 is 15.0 Å². The first-order valence-corrected chi connectivity index (χ1v) is 12.7. The Bertz CT molecular complexity index is 1830. The number of hydrogen-bond acceptors (Lipinski definition) is 7. The Labute approximate surface area is 227 Å². The highest BCUT2D eigenvalue weighted by Crippen LogP contribution is 2.53. The predicted octanol–water partition coefficient (Wildman–Crippen LogP) is 3.21. The van der Waals surface area contributed by atoms with Crippen LogP contribution in [0.15, 0.2) is 55.1 Å². The Morgan fingerprint density at radius 3 is 2.73 bits per heavy atom. The van der Waals surface area contributed by atoms with E-state index < -0.39 is 11.2 Å². The summed E-state index contributed by atoms with van der Waals surface area (Å²) in [5.41, 5.74) is 2.56. The second-order valence-corrected chi connectivity index (χ2v) is 9.87. The van der Waals surface area contributed by atoms with Gasteiger partial charge in [-0.3, -0.25) is 9.59 Å². The minimum absolute atomic E-state index is 0.176. The first-order chi connectivity index (χ1) is 19.4. The van der Waals surface area contributed by atoms with E-state index in [9.17, 15) is 14.0 Å². The summed E-state index contributed by atoms with van der Waals surface area (Å²) in [6.07, 6.45) is 3.23. The molecule has 2 N–H and O–H groups in total. The van der Waals surface area contributed by atoms with Gasteiger partial charge in [-0.1, -0.05) is 12.1 Å². The maximum Gasteiger partial charge on any atom is 0.242 e. The summed E-state index contributed by atoms with van der Waals surface area (Å²) < 4.78 is 21.5. The highest BCUT2D eigenvalue weighted by atomic mass is 19.1. The molecule has 1 spiro atoms. The first-order valence-electron chi connectivity index (χ1n) is 12.7. The molecule has 2 aliphatic rings. The summed E-state index contributed by atoms with van der Waals surface area (Å²) in [5.74, 6) is 0.244. The number of aryl methyl sites for hydroxylation is 1. The van der Waals surface area contributed by atoms with Crippen molar-refractivity contribution in [1.29, 1.82) is 0 Å². The third-order valence-electron chi connectivity index (χ3n) is 7.68. The molecule has 3 aromatic heterocycles. The molecule has 12 heteroatoms. The number of imidazole rings is 1. The summed E-state index contributed by atoms with van der Waals surface area (Å²) in [4.78, 5) is 45.2. The van der Waals surface area contributed by atoms with Crippen molar-refractivity contribution in [1.82, 2.24) is 29.7 Å². The minimum Gasteiger partial charge on any atom is -0.497 e. The summed E-state index contributed by atoms with van der Waals surface area (Å²) in [7, 11) is 1.61. The molecule has 40 heavy (non-hydrogen) atoms. The fraction of sp³-hybridized carbons (Fsp3) is 0.214. The molecule has 7 rings (SSSR count). The van der Waals surface area contributed by atoms with Gasteiger partial charge >= 0.3 is 0 Å². The molecule has 0 aliphatic carbocycles. The zero-order valence-corrected chi connectivity index (χ0v) is 21.6. The Balaban J connectivity index is 1.37. The van der Waals surface area contributed by atoms with Gasteiger partial charge in [-0.2, -0.15) is 9.78 Å². The van der Waals surface area contributed by atoms with E-state index in [2.05, 4.69) is 25.3 Å². The number of H-pyrrole nitrogens is 1. The number of amides is 2. The average Bonchev–Trinajstić information content (AvgIpc) is 3.63. The Kier molecular flexibility index (Phi) is 5.21. The Morgan fingerprint density at radius 2 is 1.93 bits per heavy atom. The monoisotopic (exact) mass is 538 g/mol. The van der Waals surface area contributed by atoms with E-state index in [1.54, 1.807) is 25.0 Å². The topological polar surface area (TPSA) is 131 Å². The molecule has 0 saturated heterocycles. The lowest BCUT2D eigenvalue weighted by atomic mass is 9.70.